The van der Waals surface area contributed by atoms with Gasteiger partial charge in [0, 0.05) is 57.7 Å². The first-order valence-corrected chi connectivity index (χ1v) is 9.52. The first kappa shape index (κ1) is 16.4. The number of aromatic nitrogens is 4. The van der Waals surface area contributed by atoms with Crippen molar-refractivity contribution in [3.63, 3.8) is 0 Å². The van der Waals surface area contributed by atoms with Gasteiger partial charge < -0.3 is 9.80 Å². The summed E-state index contributed by atoms with van der Waals surface area (Å²) in [5.74, 6) is 2.89. The molecule has 0 bridgehead atoms. The van der Waals surface area contributed by atoms with Crippen molar-refractivity contribution >= 4 is 22.7 Å². The van der Waals surface area contributed by atoms with Gasteiger partial charge in [0.1, 0.15) is 17.5 Å². The summed E-state index contributed by atoms with van der Waals surface area (Å²) in [6.07, 6.45) is 3.66. The predicted octanol–water partition coefficient (Wildman–Crippen LogP) is 1.74. The van der Waals surface area contributed by atoms with Crippen molar-refractivity contribution in [2.45, 2.75) is 13.0 Å². The van der Waals surface area contributed by atoms with Crippen LogP contribution in [0.4, 0.5) is 11.6 Å². The van der Waals surface area contributed by atoms with E-state index in [1.54, 1.807) is 6.20 Å². The minimum Gasteiger partial charge on any atom is -0.354 e. The molecule has 2 fully saturated rings. The van der Waals surface area contributed by atoms with Gasteiger partial charge in [-0.05, 0) is 31.2 Å². The maximum atomic E-state index is 4.69. The van der Waals surface area contributed by atoms with Crippen LogP contribution in [0, 0.1) is 6.92 Å². The quantitative estimate of drug-likeness (QED) is 0.704. The summed E-state index contributed by atoms with van der Waals surface area (Å²) >= 11 is 0. The minimum absolute atomic E-state index is 0.595. The van der Waals surface area contributed by atoms with Gasteiger partial charge in [-0.2, -0.15) is 0 Å². The Kier molecular flexibility index (Phi) is 4.09. The third-order valence-electron chi connectivity index (χ3n) is 5.53. The molecule has 27 heavy (non-hydrogen) atoms. The Morgan fingerprint density at radius 1 is 0.852 bits per heavy atom. The number of pyridine rings is 2. The van der Waals surface area contributed by atoms with Crippen molar-refractivity contribution in [2.24, 2.45) is 0 Å². The average Bonchev–Trinajstić information content (AvgIpc) is 2.68. The van der Waals surface area contributed by atoms with E-state index in [-0.39, 0.29) is 0 Å². The lowest BCUT2D eigenvalue weighted by molar-refractivity contribution is 0.156. The normalized spacial score (nSPS) is 18.7. The molecule has 0 spiro atoms. The van der Waals surface area contributed by atoms with Gasteiger partial charge in [-0.3, -0.25) is 4.90 Å². The van der Waals surface area contributed by atoms with Gasteiger partial charge in [0.25, 0.3) is 0 Å². The third-order valence-corrected chi connectivity index (χ3v) is 5.53. The summed E-state index contributed by atoms with van der Waals surface area (Å²) in [6.45, 7) is 8.21. The molecule has 138 valence electrons. The molecule has 7 nitrogen and oxygen atoms in total. The van der Waals surface area contributed by atoms with Crippen molar-refractivity contribution in [2.75, 3.05) is 49.1 Å². The molecule has 0 atom stereocenters. The maximum Gasteiger partial charge on any atom is 0.164 e. The minimum atomic E-state index is 0.595. The summed E-state index contributed by atoms with van der Waals surface area (Å²) in [4.78, 5) is 25.3. The predicted molar refractivity (Wildman–Crippen MR) is 106 cm³/mol. The molecule has 5 heterocycles. The van der Waals surface area contributed by atoms with Gasteiger partial charge in [0.05, 0.1) is 5.39 Å². The smallest absolute Gasteiger partial charge is 0.164 e. The molecule has 3 aromatic heterocycles. The summed E-state index contributed by atoms with van der Waals surface area (Å²) in [6, 6.07) is 10.7. The SMILES string of the molecule is Cc1nc(N2CC(N3CCN(c4ccccn4)CC3)C2)c2cccnc2n1. The van der Waals surface area contributed by atoms with Gasteiger partial charge in [-0.15, -0.1) is 0 Å². The molecule has 3 aromatic rings. The van der Waals surface area contributed by atoms with Crippen LogP contribution in [0.25, 0.3) is 11.0 Å². The number of hydrogen-bond donors (Lipinski definition) is 0. The third kappa shape index (κ3) is 3.08. The van der Waals surface area contributed by atoms with Gasteiger partial charge in [0.15, 0.2) is 5.65 Å². The van der Waals surface area contributed by atoms with Gasteiger partial charge in [-0.25, -0.2) is 19.9 Å². The van der Waals surface area contributed by atoms with E-state index in [4.69, 9.17) is 4.98 Å². The van der Waals surface area contributed by atoms with E-state index in [1.165, 1.54) is 0 Å². The fourth-order valence-corrected chi connectivity index (χ4v) is 4.01. The lowest BCUT2D eigenvalue weighted by Crippen LogP contribution is -2.63. The lowest BCUT2D eigenvalue weighted by atomic mass is 10.1. The standard InChI is InChI=1S/C20H23N7/c1-15-23-19-17(5-4-8-22-19)20(24-15)27-13-16(14-27)25-9-11-26(12-10-25)18-6-2-3-7-21-18/h2-8,16H,9-14H2,1H3. The maximum absolute atomic E-state index is 4.69. The van der Waals surface area contributed by atoms with Crippen LogP contribution in [0.3, 0.4) is 0 Å². The molecule has 2 saturated heterocycles. The molecular formula is C20H23N7. The number of nitrogens with zero attached hydrogens (tertiary/aromatic N) is 7. The van der Waals surface area contributed by atoms with Crippen LogP contribution in [0.5, 0.6) is 0 Å². The van der Waals surface area contributed by atoms with Gasteiger partial charge >= 0.3 is 0 Å². The largest absolute Gasteiger partial charge is 0.354 e. The fraction of sp³-hybridized carbons (Fsp3) is 0.400. The zero-order valence-corrected chi connectivity index (χ0v) is 15.5. The van der Waals surface area contributed by atoms with Crippen molar-refractivity contribution in [3.8, 4) is 0 Å². The molecule has 5 rings (SSSR count). The van der Waals surface area contributed by atoms with Crippen molar-refractivity contribution in [1.29, 1.82) is 0 Å². The Labute approximate surface area is 158 Å². The number of fused-ring (bicyclic) bond motifs is 1. The molecule has 0 N–H and O–H groups in total. The second-order valence-electron chi connectivity index (χ2n) is 7.24. The van der Waals surface area contributed by atoms with Crippen LogP contribution in [0.15, 0.2) is 42.7 Å². The molecule has 7 heteroatoms. The summed E-state index contributed by atoms with van der Waals surface area (Å²) < 4.78 is 0. The number of rotatable bonds is 3. The molecule has 2 aliphatic rings. The zero-order valence-electron chi connectivity index (χ0n) is 15.5. The topological polar surface area (TPSA) is 61.3 Å². The molecule has 0 aromatic carbocycles. The van der Waals surface area contributed by atoms with Crippen LogP contribution in [-0.4, -0.2) is 70.1 Å². The average molecular weight is 361 g/mol. The Hall–Kier alpha value is -2.80. The van der Waals surface area contributed by atoms with E-state index in [1.807, 2.05) is 25.3 Å². The van der Waals surface area contributed by atoms with Crippen LogP contribution in [0.2, 0.25) is 0 Å². The Bertz CT molecular complexity index is 931. The Morgan fingerprint density at radius 2 is 1.67 bits per heavy atom. The fourth-order valence-electron chi connectivity index (χ4n) is 4.01. The van der Waals surface area contributed by atoms with Crippen LogP contribution >= 0.6 is 0 Å². The highest BCUT2D eigenvalue weighted by molar-refractivity contribution is 5.87. The number of anilines is 2. The first-order chi connectivity index (χ1) is 13.3. The van der Waals surface area contributed by atoms with Gasteiger partial charge in [-0.1, -0.05) is 6.07 Å². The highest BCUT2D eigenvalue weighted by Gasteiger charge is 2.35. The molecular weight excluding hydrogens is 338 g/mol. The van der Waals surface area contributed by atoms with Crippen LogP contribution in [-0.2, 0) is 0 Å². The summed E-state index contributed by atoms with van der Waals surface area (Å²) in [5.41, 5.74) is 0.785. The van der Waals surface area contributed by atoms with Crippen molar-refractivity contribution in [3.05, 3.63) is 48.5 Å². The Morgan fingerprint density at radius 3 is 2.44 bits per heavy atom. The molecule has 2 aliphatic heterocycles. The van der Waals surface area contributed by atoms with Crippen molar-refractivity contribution < 1.29 is 0 Å². The van der Waals surface area contributed by atoms with E-state index in [2.05, 4.69) is 47.9 Å². The molecule has 0 aliphatic carbocycles. The second-order valence-corrected chi connectivity index (χ2v) is 7.24. The van der Waals surface area contributed by atoms with Crippen LogP contribution in [0.1, 0.15) is 5.82 Å². The van der Waals surface area contributed by atoms with E-state index in [0.29, 0.717) is 6.04 Å². The van der Waals surface area contributed by atoms with E-state index in [9.17, 15) is 0 Å². The van der Waals surface area contributed by atoms with E-state index >= 15 is 0 Å². The van der Waals surface area contributed by atoms with E-state index < -0.39 is 0 Å². The lowest BCUT2D eigenvalue weighted by Gasteiger charge is -2.48. The highest BCUT2D eigenvalue weighted by atomic mass is 15.4. The first-order valence-electron chi connectivity index (χ1n) is 9.52. The number of aryl methyl sites for hydroxylation is 1. The molecule has 0 unspecified atom stereocenters. The van der Waals surface area contributed by atoms with Crippen LogP contribution < -0.4 is 9.80 Å². The monoisotopic (exact) mass is 361 g/mol. The zero-order chi connectivity index (χ0) is 18.2. The second kappa shape index (κ2) is 6.74. The molecule has 0 saturated carbocycles. The number of piperazine rings is 1. The van der Waals surface area contributed by atoms with Crippen molar-refractivity contribution in [1.82, 2.24) is 24.8 Å². The highest BCUT2D eigenvalue weighted by Crippen LogP contribution is 2.28. The van der Waals surface area contributed by atoms with E-state index in [0.717, 1.165) is 67.8 Å². The summed E-state index contributed by atoms with van der Waals surface area (Å²) in [7, 11) is 0. The van der Waals surface area contributed by atoms with Gasteiger partial charge in [0.2, 0.25) is 0 Å². The Balaban J connectivity index is 1.23. The molecule has 0 amide bonds. The summed E-state index contributed by atoms with van der Waals surface area (Å²) in [5, 5.41) is 1.04. The molecule has 0 radical (unpaired) electrons. The number of hydrogen-bond acceptors (Lipinski definition) is 7.